The average molecular weight is 415 g/mol. The first kappa shape index (κ1) is 19.2. The fourth-order valence-corrected chi connectivity index (χ4v) is 5.26. The van der Waals surface area contributed by atoms with Crippen LogP contribution in [-0.2, 0) is 11.3 Å². The van der Waals surface area contributed by atoms with E-state index in [4.69, 9.17) is 14.7 Å². The van der Waals surface area contributed by atoms with Crippen LogP contribution in [0.4, 0.5) is 0 Å². The van der Waals surface area contributed by atoms with Gasteiger partial charge in [0.05, 0.1) is 28.3 Å². The molecule has 0 aliphatic carbocycles. The minimum Gasteiger partial charge on any atom is -0.383 e. The number of fused-ring (bicyclic) bond motifs is 2. The molecule has 3 heterocycles. The van der Waals surface area contributed by atoms with Gasteiger partial charge >= 0.3 is 0 Å². The van der Waals surface area contributed by atoms with E-state index in [1.165, 1.54) is 0 Å². The van der Waals surface area contributed by atoms with Crippen LogP contribution in [0.2, 0.25) is 0 Å². The van der Waals surface area contributed by atoms with Gasteiger partial charge in [0.25, 0.3) is 5.56 Å². The van der Waals surface area contributed by atoms with Gasteiger partial charge in [0.2, 0.25) is 0 Å². The molecule has 0 amide bonds. The first-order valence-electron chi connectivity index (χ1n) is 9.10. The maximum Gasteiger partial charge on any atom is 0.259 e. The first-order chi connectivity index (χ1) is 13.5. The van der Waals surface area contributed by atoms with E-state index in [1.54, 1.807) is 30.2 Å². The van der Waals surface area contributed by atoms with Gasteiger partial charge in [0, 0.05) is 18.5 Å². The van der Waals surface area contributed by atoms with E-state index in [-0.39, 0.29) is 10.8 Å². The molecular formula is C20H22N4O2S2. The maximum atomic E-state index is 12.6. The van der Waals surface area contributed by atoms with E-state index in [1.807, 2.05) is 39.0 Å². The second kappa shape index (κ2) is 7.69. The van der Waals surface area contributed by atoms with Gasteiger partial charge in [-0.1, -0.05) is 23.9 Å². The Bertz CT molecular complexity index is 1210. The molecule has 4 aromatic rings. The Morgan fingerprint density at radius 2 is 2.07 bits per heavy atom. The third-order valence-electron chi connectivity index (χ3n) is 4.86. The number of methoxy groups -OCH3 is 1. The van der Waals surface area contributed by atoms with Crippen molar-refractivity contribution in [1.29, 1.82) is 0 Å². The molecule has 28 heavy (non-hydrogen) atoms. The lowest BCUT2D eigenvalue weighted by Gasteiger charge is -2.12. The second-order valence-corrected chi connectivity index (χ2v) is 9.21. The molecule has 0 radical (unpaired) electrons. The molecule has 0 bridgehead atoms. The van der Waals surface area contributed by atoms with E-state index >= 15 is 0 Å². The van der Waals surface area contributed by atoms with Crippen molar-refractivity contribution < 1.29 is 4.74 Å². The molecule has 0 saturated heterocycles. The molecule has 146 valence electrons. The van der Waals surface area contributed by atoms with E-state index in [2.05, 4.69) is 15.6 Å². The number of rotatable bonds is 6. The number of H-pyrrole nitrogens is 1. The summed E-state index contributed by atoms with van der Waals surface area (Å²) in [6, 6.07) is 8.08. The summed E-state index contributed by atoms with van der Waals surface area (Å²) in [5.41, 5.74) is 2.98. The molecule has 1 unspecified atom stereocenters. The van der Waals surface area contributed by atoms with Crippen LogP contribution in [0.25, 0.3) is 21.3 Å². The summed E-state index contributed by atoms with van der Waals surface area (Å²) < 4.78 is 7.43. The molecule has 1 aromatic carbocycles. The van der Waals surface area contributed by atoms with Crippen molar-refractivity contribution in [2.75, 3.05) is 13.7 Å². The van der Waals surface area contributed by atoms with Gasteiger partial charge in [-0.05, 0) is 38.5 Å². The summed E-state index contributed by atoms with van der Waals surface area (Å²) in [5, 5.41) is 1.56. The topological polar surface area (TPSA) is 72.8 Å². The zero-order chi connectivity index (χ0) is 19.8. The Morgan fingerprint density at radius 3 is 2.86 bits per heavy atom. The summed E-state index contributed by atoms with van der Waals surface area (Å²) in [7, 11) is 1.70. The Morgan fingerprint density at radius 1 is 1.29 bits per heavy atom. The van der Waals surface area contributed by atoms with Crippen molar-refractivity contribution in [3.05, 3.63) is 50.9 Å². The molecule has 6 nitrogen and oxygen atoms in total. The molecule has 0 spiro atoms. The highest BCUT2D eigenvalue weighted by Gasteiger charge is 2.19. The number of hydrogen-bond acceptors (Lipinski definition) is 6. The van der Waals surface area contributed by atoms with Crippen molar-refractivity contribution in [2.24, 2.45) is 0 Å². The molecule has 0 aliphatic rings. The SMILES string of the molecule is COCCn1c(SC(C)c2nc3sc(C)c(C)c3c(=O)[nH]2)nc2ccccc21. The van der Waals surface area contributed by atoms with Crippen molar-refractivity contribution in [2.45, 2.75) is 37.7 Å². The highest BCUT2D eigenvalue weighted by molar-refractivity contribution is 7.99. The Balaban J connectivity index is 1.71. The number of aromatic nitrogens is 4. The minimum atomic E-state index is -0.0674. The standard InChI is InChI=1S/C20H22N4O2S2/c1-11-12(2)27-19-16(11)18(25)22-17(23-19)13(3)28-20-21-14-7-5-6-8-15(14)24(20)9-10-26-4/h5-8,13H,9-10H2,1-4H3,(H,22,23,25). The Hall–Kier alpha value is -2.16. The first-order valence-corrected chi connectivity index (χ1v) is 10.8. The van der Waals surface area contributed by atoms with Gasteiger partial charge in [0.1, 0.15) is 10.7 Å². The van der Waals surface area contributed by atoms with Gasteiger partial charge in [0.15, 0.2) is 5.16 Å². The van der Waals surface area contributed by atoms with Gasteiger partial charge in [-0.15, -0.1) is 11.3 Å². The van der Waals surface area contributed by atoms with E-state index < -0.39 is 0 Å². The number of nitrogens with zero attached hydrogens (tertiary/aromatic N) is 3. The van der Waals surface area contributed by atoms with Crippen LogP contribution in [0.5, 0.6) is 0 Å². The lowest BCUT2D eigenvalue weighted by atomic mass is 10.2. The number of para-hydroxylation sites is 2. The highest BCUT2D eigenvalue weighted by Crippen LogP contribution is 2.35. The summed E-state index contributed by atoms with van der Waals surface area (Å²) in [4.78, 5) is 27.0. The maximum absolute atomic E-state index is 12.6. The monoisotopic (exact) mass is 414 g/mol. The van der Waals surface area contributed by atoms with Crippen LogP contribution in [0, 0.1) is 13.8 Å². The lowest BCUT2D eigenvalue weighted by molar-refractivity contribution is 0.186. The lowest BCUT2D eigenvalue weighted by Crippen LogP contribution is -2.13. The zero-order valence-corrected chi connectivity index (χ0v) is 17.9. The number of nitrogens with one attached hydrogen (secondary N) is 1. The second-order valence-electron chi connectivity index (χ2n) is 6.70. The predicted octanol–water partition coefficient (Wildman–Crippen LogP) is 4.45. The molecule has 1 atom stereocenters. The summed E-state index contributed by atoms with van der Waals surface area (Å²) >= 11 is 3.17. The van der Waals surface area contributed by atoms with Crippen LogP contribution in [0.1, 0.15) is 28.4 Å². The number of thioether (sulfide) groups is 1. The highest BCUT2D eigenvalue weighted by atomic mass is 32.2. The number of aromatic amines is 1. The molecule has 0 fully saturated rings. The number of hydrogen-bond donors (Lipinski definition) is 1. The van der Waals surface area contributed by atoms with E-state index in [0.29, 0.717) is 17.8 Å². The van der Waals surface area contributed by atoms with Crippen molar-refractivity contribution in [3.8, 4) is 0 Å². The summed E-state index contributed by atoms with van der Waals surface area (Å²) in [6.07, 6.45) is 0. The molecule has 0 aliphatic heterocycles. The molecule has 4 rings (SSSR count). The third-order valence-corrected chi connectivity index (χ3v) is 7.06. The third kappa shape index (κ3) is 3.36. The number of benzene rings is 1. The smallest absolute Gasteiger partial charge is 0.259 e. The van der Waals surface area contributed by atoms with Crippen LogP contribution < -0.4 is 5.56 Å². The normalized spacial score (nSPS) is 12.9. The molecule has 8 heteroatoms. The van der Waals surface area contributed by atoms with Crippen LogP contribution in [-0.4, -0.2) is 33.2 Å². The van der Waals surface area contributed by atoms with Gasteiger partial charge in [-0.3, -0.25) is 4.79 Å². The van der Waals surface area contributed by atoms with Crippen molar-refractivity contribution in [1.82, 2.24) is 19.5 Å². The van der Waals surface area contributed by atoms with Crippen molar-refractivity contribution >= 4 is 44.3 Å². The largest absolute Gasteiger partial charge is 0.383 e. The van der Waals surface area contributed by atoms with E-state index in [9.17, 15) is 4.79 Å². The molecule has 1 N–H and O–H groups in total. The fourth-order valence-electron chi connectivity index (χ4n) is 3.22. The zero-order valence-electron chi connectivity index (χ0n) is 16.3. The summed E-state index contributed by atoms with van der Waals surface area (Å²) in [6.45, 7) is 7.37. The quantitative estimate of drug-likeness (QED) is 0.472. The van der Waals surface area contributed by atoms with Crippen LogP contribution in [0.3, 0.4) is 0 Å². The molecule has 3 aromatic heterocycles. The number of ether oxygens (including phenoxy) is 1. The minimum absolute atomic E-state index is 0.0436. The Labute approximate surface area is 171 Å². The number of aryl methyl sites for hydroxylation is 2. The number of thiophene rings is 1. The van der Waals surface area contributed by atoms with Gasteiger partial charge in [-0.25, -0.2) is 9.97 Å². The molecular weight excluding hydrogens is 392 g/mol. The summed E-state index contributed by atoms with van der Waals surface area (Å²) in [5.74, 6) is 0.675. The van der Waals surface area contributed by atoms with Gasteiger partial charge in [-0.2, -0.15) is 0 Å². The van der Waals surface area contributed by atoms with Crippen LogP contribution >= 0.6 is 23.1 Å². The van der Waals surface area contributed by atoms with Crippen LogP contribution in [0.15, 0.2) is 34.2 Å². The van der Waals surface area contributed by atoms with Gasteiger partial charge < -0.3 is 14.3 Å². The molecule has 0 saturated carbocycles. The fraction of sp³-hybridized carbons (Fsp3) is 0.350. The number of imidazole rings is 1. The average Bonchev–Trinajstić information content (AvgIpc) is 3.16. The predicted molar refractivity (Wildman–Crippen MR) is 116 cm³/mol. The van der Waals surface area contributed by atoms with E-state index in [0.717, 1.165) is 38.0 Å². The Kier molecular flexibility index (Phi) is 5.27. The van der Waals surface area contributed by atoms with Crippen molar-refractivity contribution in [3.63, 3.8) is 0 Å².